The van der Waals surface area contributed by atoms with Crippen molar-refractivity contribution in [2.75, 3.05) is 0 Å². The van der Waals surface area contributed by atoms with Gasteiger partial charge < -0.3 is 10.4 Å². The summed E-state index contributed by atoms with van der Waals surface area (Å²) in [6.07, 6.45) is 0. The van der Waals surface area contributed by atoms with Crippen molar-refractivity contribution in [1.82, 2.24) is 5.32 Å². The van der Waals surface area contributed by atoms with E-state index in [1.54, 1.807) is 18.2 Å². The van der Waals surface area contributed by atoms with Crippen LogP contribution in [0.25, 0.3) is 21.9 Å². The molecule has 0 aromatic heterocycles. The summed E-state index contributed by atoms with van der Waals surface area (Å²) in [5.74, 6) is -0.00295. The Kier molecular flexibility index (Phi) is 5.09. The van der Waals surface area contributed by atoms with Gasteiger partial charge in [-0.25, -0.2) is 4.39 Å². The molecule has 0 spiro atoms. The molecule has 0 heterocycles. The number of hydrogen-bond acceptors (Lipinski definition) is 2. The molecule has 0 bridgehead atoms. The highest BCUT2D eigenvalue weighted by Gasteiger charge is 2.11. The summed E-state index contributed by atoms with van der Waals surface area (Å²) in [5.41, 5.74) is 3.92. The predicted molar refractivity (Wildman–Crippen MR) is 113 cm³/mol. The summed E-state index contributed by atoms with van der Waals surface area (Å²) in [5, 5.41) is 16.2. The van der Waals surface area contributed by atoms with Crippen molar-refractivity contribution in [3.8, 4) is 16.9 Å². The number of rotatable bonds is 5. The van der Waals surface area contributed by atoms with E-state index in [-0.39, 0.29) is 17.6 Å². The Morgan fingerprint density at radius 1 is 0.857 bits per heavy atom. The van der Waals surface area contributed by atoms with Crippen LogP contribution in [0.4, 0.5) is 4.39 Å². The highest BCUT2D eigenvalue weighted by atomic mass is 19.1. The molecule has 4 aromatic rings. The summed E-state index contributed by atoms with van der Waals surface area (Å²) < 4.78 is 13.2. The average molecular weight is 371 g/mol. The fourth-order valence-electron chi connectivity index (χ4n) is 3.55. The Labute approximate surface area is 164 Å². The number of nitrogens with one attached hydrogen (secondary N) is 1. The second-order valence-corrected chi connectivity index (χ2v) is 7.02. The third kappa shape index (κ3) is 3.75. The maximum absolute atomic E-state index is 13.2. The van der Waals surface area contributed by atoms with Gasteiger partial charge in [0.1, 0.15) is 11.6 Å². The lowest BCUT2D eigenvalue weighted by Gasteiger charge is -2.17. The second-order valence-electron chi connectivity index (χ2n) is 7.02. The molecule has 2 nitrogen and oxygen atoms in total. The van der Waals surface area contributed by atoms with Crippen molar-refractivity contribution in [2.24, 2.45) is 0 Å². The second kappa shape index (κ2) is 7.83. The number of hydrogen-bond donors (Lipinski definition) is 2. The van der Waals surface area contributed by atoms with Crippen LogP contribution in [0, 0.1) is 5.82 Å². The number of halogens is 1. The number of phenols is 1. The first-order chi connectivity index (χ1) is 13.6. The summed E-state index contributed by atoms with van der Waals surface area (Å²) in [6, 6.07) is 26.7. The largest absolute Gasteiger partial charge is 0.508 e. The molecule has 0 amide bonds. The van der Waals surface area contributed by atoms with Crippen LogP contribution in [0.3, 0.4) is 0 Å². The van der Waals surface area contributed by atoms with E-state index in [4.69, 9.17) is 0 Å². The zero-order valence-electron chi connectivity index (χ0n) is 15.7. The summed E-state index contributed by atoms with van der Waals surface area (Å²) in [4.78, 5) is 0. The fourth-order valence-corrected chi connectivity index (χ4v) is 3.55. The molecule has 1 atom stereocenters. The van der Waals surface area contributed by atoms with Crippen LogP contribution in [0.2, 0.25) is 0 Å². The first-order valence-corrected chi connectivity index (χ1v) is 9.41. The SMILES string of the molecule is C[C@@H](NCc1cc(-c2ccc(F)cc2)ccc1O)c1cccc2ccccc12. The van der Waals surface area contributed by atoms with E-state index in [0.29, 0.717) is 6.54 Å². The quantitative estimate of drug-likeness (QED) is 0.438. The lowest BCUT2D eigenvalue weighted by Crippen LogP contribution is -2.18. The molecule has 4 rings (SSSR count). The lowest BCUT2D eigenvalue weighted by atomic mass is 9.99. The number of phenolic OH excluding ortho intramolecular Hbond substituents is 1. The normalized spacial score (nSPS) is 12.2. The average Bonchev–Trinajstić information content (AvgIpc) is 2.73. The first kappa shape index (κ1) is 18.2. The van der Waals surface area contributed by atoms with Gasteiger partial charge in [-0.15, -0.1) is 0 Å². The van der Waals surface area contributed by atoms with E-state index in [2.05, 4.69) is 48.6 Å². The standard InChI is InChI=1S/C25H22FNO/c1-17(23-8-4-6-19-5-2-3-7-24(19)23)27-16-21-15-20(11-14-25(21)28)18-9-12-22(26)13-10-18/h2-15,17,27-28H,16H2,1H3/t17-/m1/s1. The van der Waals surface area contributed by atoms with Crippen LogP contribution >= 0.6 is 0 Å². The monoisotopic (exact) mass is 371 g/mol. The van der Waals surface area contributed by atoms with E-state index in [1.165, 1.54) is 28.5 Å². The third-order valence-corrected chi connectivity index (χ3v) is 5.15. The van der Waals surface area contributed by atoms with Crippen LogP contribution < -0.4 is 5.32 Å². The van der Waals surface area contributed by atoms with E-state index < -0.39 is 0 Å². The lowest BCUT2D eigenvalue weighted by molar-refractivity contribution is 0.460. The smallest absolute Gasteiger partial charge is 0.123 e. The van der Waals surface area contributed by atoms with Gasteiger partial charge in [0.25, 0.3) is 0 Å². The van der Waals surface area contributed by atoms with Crippen molar-refractivity contribution in [3.63, 3.8) is 0 Å². The first-order valence-electron chi connectivity index (χ1n) is 9.41. The van der Waals surface area contributed by atoms with Gasteiger partial charge in [0, 0.05) is 18.2 Å². The van der Waals surface area contributed by atoms with Crippen LogP contribution in [0.5, 0.6) is 5.75 Å². The van der Waals surface area contributed by atoms with Gasteiger partial charge in [-0.2, -0.15) is 0 Å². The maximum atomic E-state index is 13.2. The van der Waals surface area contributed by atoms with Crippen molar-refractivity contribution >= 4 is 10.8 Å². The number of fused-ring (bicyclic) bond motifs is 1. The van der Waals surface area contributed by atoms with Crippen molar-refractivity contribution in [2.45, 2.75) is 19.5 Å². The topological polar surface area (TPSA) is 32.3 Å². The summed E-state index contributed by atoms with van der Waals surface area (Å²) in [6.45, 7) is 2.66. The highest BCUT2D eigenvalue weighted by molar-refractivity contribution is 5.86. The molecule has 0 aliphatic carbocycles. The molecule has 0 aliphatic heterocycles. The predicted octanol–water partition coefficient (Wildman–Crippen LogP) is 6.20. The van der Waals surface area contributed by atoms with Gasteiger partial charge in [-0.05, 0) is 58.7 Å². The molecule has 3 heteroatoms. The van der Waals surface area contributed by atoms with Gasteiger partial charge in [0.15, 0.2) is 0 Å². The number of benzene rings is 4. The Hall–Kier alpha value is -3.17. The Morgan fingerprint density at radius 2 is 1.57 bits per heavy atom. The summed E-state index contributed by atoms with van der Waals surface area (Å²) in [7, 11) is 0. The molecule has 140 valence electrons. The van der Waals surface area contributed by atoms with Crippen molar-refractivity contribution in [3.05, 3.63) is 102 Å². The van der Waals surface area contributed by atoms with Crippen LogP contribution in [-0.4, -0.2) is 5.11 Å². The summed E-state index contributed by atoms with van der Waals surface area (Å²) >= 11 is 0. The minimum Gasteiger partial charge on any atom is -0.508 e. The molecular formula is C25H22FNO. The number of aromatic hydroxyl groups is 1. The molecule has 28 heavy (non-hydrogen) atoms. The molecule has 2 N–H and O–H groups in total. The molecule has 4 aromatic carbocycles. The highest BCUT2D eigenvalue weighted by Crippen LogP contribution is 2.28. The van der Waals surface area contributed by atoms with Gasteiger partial charge >= 0.3 is 0 Å². The Morgan fingerprint density at radius 3 is 2.39 bits per heavy atom. The molecular weight excluding hydrogens is 349 g/mol. The molecule has 0 aliphatic rings. The molecule has 0 unspecified atom stereocenters. The molecule has 0 radical (unpaired) electrons. The van der Waals surface area contributed by atoms with Gasteiger partial charge in [-0.3, -0.25) is 0 Å². The van der Waals surface area contributed by atoms with Crippen LogP contribution in [-0.2, 0) is 6.54 Å². The minimum absolute atomic E-state index is 0.125. The Bertz CT molecular complexity index is 1100. The molecule has 0 fully saturated rings. The van der Waals surface area contributed by atoms with Crippen LogP contribution in [0.1, 0.15) is 24.1 Å². The fraction of sp³-hybridized carbons (Fsp3) is 0.120. The van der Waals surface area contributed by atoms with Gasteiger partial charge in [0.05, 0.1) is 0 Å². The molecule has 0 saturated heterocycles. The zero-order valence-corrected chi connectivity index (χ0v) is 15.7. The zero-order chi connectivity index (χ0) is 19.5. The molecule has 0 saturated carbocycles. The van der Waals surface area contributed by atoms with E-state index in [1.807, 2.05) is 18.2 Å². The van der Waals surface area contributed by atoms with E-state index >= 15 is 0 Å². The minimum atomic E-state index is -0.256. The van der Waals surface area contributed by atoms with Gasteiger partial charge in [0.2, 0.25) is 0 Å². The third-order valence-electron chi connectivity index (χ3n) is 5.15. The Balaban J connectivity index is 1.56. The van der Waals surface area contributed by atoms with E-state index in [9.17, 15) is 9.50 Å². The van der Waals surface area contributed by atoms with Crippen molar-refractivity contribution < 1.29 is 9.50 Å². The van der Waals surface area contributed by atoms with E-state index in [0.717, 1.165) is 16.7 Å². The van der Waals surface area contributed by atoms with Crippen molar-refractivity contribution in [1.29, 1.82) is 0 Å². The van der Waals surface area contributed by atoms with Crippen LogP contribution in [0.15, 0.2) is 84.9 Å². The van der Waals surface area contributed by atoms with Gasteiger partial charge in [-0.1, -0.05) is 60.7 Å². The maximum Gasteiger partial charge on any atom is 0.123 e.